The first-order chi connectivity index (χ1) is 11.5. The van der Waals surface area contributed by atoms with Gasteiger partial charge in [-0.1, -0.05) is 19.9 Å². The van der Waals surface area contributed by atoms with E-state index in [9.17, 15) is 9.59 Å². The largest absolute Gasteiger partial charge is 0.325 e. The highest BCUT2D eigenvalue weighted by molar-refractivity contribution is 6.04. The summed E-state index contributed by atoms with van der Waals surface area (Å²) in [5.41, 5.74) is 7.56. The van der Waals surface area contributed by atoms with E-state index in [4.69, 9.17) is 5.73 Å². The number of nitrogens with one attached hydrogen (secondary N) is 2. The van der Waals surface area contributed by atoms with Gasteiger partial charge in [-0.15, -0.1) is 24.8 Å². The first-order valence-corrected chi connectivity index (χ1v) is 7.83. The lowest BCUT2D eigenvalue weighted by Crippen LogP contribution is -2.36. The van der Waals surface area contributed by atoms with E-state index in [0.29, 0.717) is 29.3 Å². The molecule has 0 aliphatic heterocycles. The van der Waals surface area contributed by atoms with Crippen LogP contribution in [0.3, 0.4) is 0 Å². The third-order valence-electron chi connectivity index (χ3n) is 3.39. The average molecular weight is 399 g/mol. The van der Waals surface area contributed by atoms with Crippen molar-refractivity contribution in [3.8, 4) is 0 Å². The molecule has 0 spiro atoms. The maximum atomic E-state index is 12.1. The molecule has 0 unspecified atom stereocenters. The van der Waals surface area contributed by atoms with E-state index in [0.717, 1.165) is 0 Å². The molecule has 0 saturated heterocycles. The van der Waals surface area contributed by atoms with Crippen molar-refractivity contribution in [2.45, 2.75) is 26.3 Å². The zero-order valence-electron chi connectivity index (χ0n) is 14.6. The zero-order chi connectivity index (χ0) is 17.5. The minimum atomic E-state index is -0.555. The van der Waals surface area contributed by atoms with Gasteiger partial charge in [0, 0.05) is 29.3 Å². The number of halogens is 2. The molecule has 0 saturated carbocycles. The molecule has 2 rings (SSSR count). The van der Waals surface area contributed by atoms with E-state index in [-0.39, 0.29) is 36.6 Å². The maximum Gasteiger partial charge on any atom is 0.255 e. The molecular weight excluding hydrogens is 375 g/mol. The third-order valence-corrected chi connectivity index (χ3v) is 3.39. The summed E-state index contributed by atoms with van der Waals surface area (Å²) in [7, 11) is 0. The number of nitrogens with two attached hydrogens (primary N) is 1. The normalized spacial score (nSPS) is 10.9. The number of benzene rings is 1. The lowest BCUT2D eigenvalue weighted by atomic mass is 10.0. The fourth-order valence-electron chi connectivity index (χ4n) is 2.23. The van der Waals surface area contributed by atoms with Crippen molar-refractivity contribution < 1.29 is 9.59 Å². The predicted octanol–water partition coefficient (Wildman–Crippen LogP) is 3.49. The Morgan fingerprint density at radius 1 is 1.04 bits per heavy atom. The molecule has 0 aliphatic rings. The van der Waals surface area contributed by atoms with E-state index in [1.54, 1.807) is 48.8 Å². The van der Waals surface area contributed by atoms with Crippen molar-refractivity contribution in [1.82, 2.24) is 4.98 Å². The summed E-state index contributed by atoms with van der Waals surface area (Å²) in [4.78, 5) is 28.1. The van der Waals surface area contributed by atoms with Gasteiger partial charge in [-0.05, 0) is 42.7 Å². The number of amides is 2. The molecule has 0 bridgehead atoms. The summed E-state index contributed by atoms with van der Waals surface area (Å²) in [6.07, 6.45) is 3.73. The number of hydrogen-bond acceptors (Lipinski definition) is 4. The second-order valence-electron chi connectivity index (χ2n) is 6.00. The Morgan fingerprint density at radius 3 is 2.19 bits per heavy atom. The van der Waals surface area contributed by atoms with Gasteiger partial charge in [-0.3, -0.25) is 14.6 Å². The Morgan fingerprint density at radius 2 is 1.62 bits per heavy atom. The Balaban J connectivity index is 0.00000312. The predicted molar refractivity (Wildman–Crippen MR) is 109 cm³/mol. The van der Waals surface area contributed by atoms with Gasteiger partial charge in [0.2, 0.25) is 5.91 Å². The number of pyridine rings is 1. The lowest BCUT2D eigenvalue weighted by molar-refractivity contribution is -0.117. The van der Waals surface area contributed by atoms with Crippen molar-refractivity contribution in [3.05, 3.63) is 54.4 Å². The van der Waals surface area contributed by atoms with Gasteiger partial charge in [-0.25, -0.2) is 0 Å². The minimum absolute atomic E-state index is 0. The first-order valence-electron chi connectivity index (χ1n) is 7.83. The number of carbonyl (C=O) groups is 2. The van der Waals surface area contributed by atoms with Crippen molar-refractivity contribution >= 4 is 48.0 Å². The van der Waals surface area contributed by atoms with Crippen molar-refractivity contribution in [1.29, 1.82) is 0 Å². The van der Waals surface area contributed by atoms with Gasteiger partial charge in [0.15, 0.2) is 0 Å². The smallest absolute Gasteiger partial charge is 0.255 e. The highest BCUT2D eigenvalue weighted by Gasteiger charge is 2.15. The zero-order valence-corrected chi connectivity index (χ0v) is 16.3. The van der Waals surface area contributed by atoms with Gasteiger partial charge in [0.1, 0.15) is 0 Å². The van der Waals surface area contributed by atoms with Crippen LogP contribution in [0.5, 0.6) is 0 Å². The van der Waals surface area contributed by atoms with Crippen LogP contribution >= 0.6 is 24.8 Å². The number of rotatable bonds is 6. The molecule has 0 aliphatic carbocycles. The molecule has 6 nitrogen and oxygen atoms in total. The number of anilines is 2. The molecule has 0 fully saturated rings. The van der Waals surface area contributed by atoms with Gasteiger partial charge in [0.05, 0.1) is 6.04 Å². The molecule has 8 heteroatoms. The maximum absolute atomic E-state index is 12.1. The van der Waals surface area contributed by atoms with E-state index in [1.165, 1.54) is 0 Å². The number of aromatic nitrogens is 1. The molecule has 0 radical (unpaired) electrons. The fraction of sp³-hybridized carbons (Fsp3) is 0.278. The summed E-state index contributed by atoms with van der Waals surface area (Å²) in [5, 5.41) is 5.56. The molecule has 1 aromatic carbocycles. The average Bonchev–Trinajstić information content (AvgIpc) is 2.55. The summed E-state index contributed by atoms with van der Waals surface area (Å²) in [6, 6.07) is 9.66. The van der Waals surface area contributed by atoms with Crippen molar-refractivity contribution in [2.24, 2.45) is 11.7 Å². The van der Waals surface area contributed by atoms with Crippen LogP contribution in [-0.4, -0.2) is 22.8 Å². The SMILES string of the molecule is CC(C)C[C@H](N)C(=O)Nc1cccc(NC(=O)c2ccncc2)c1.Cl.Cl. The van der Waals surface area contributed by atoms with Gasteiger partial charge in [0.25, 0.3) is 5.91 Å². The van der Waals surface area contributed by atoms with Crippen LogP contribution in [0.15, 0.2) is 48.8 Å². The van der Waals surface area contributed by atoms with Crippen LogP contribution in [-0.2, 0) is 4.79 Å². The Labute approximate surface area is 165 Å². The highest BCUT2D eigenvalue weighted by atomic mass is 35.5. The van der Waals surface area contributed by atoms with Crippen LogP contribution in [0, 0.1) is 5.92 Å². The van der Waals surface area contributed by atoms with E-state index in [2.05, 4.69) is 15.6 Å². The molecule has 1 atom stereocenters. The van der Waals surface area contributed by atoms with E-state index >= 15 is 0 Å². The second kappa shape index (κ2) is 11.5. The van der Waals surface area contributed by atoms with Crippen molar-refractivity contribution in [3.63, 3.8) is 0 Å². The summed E-state index contributed by atoms with van der Waals surface area (Å²) >= 11 is 0. The molecule has 26 heavy (non-hydrogen) atoms. The summed E-state index contributed by atoms with van der Waals surface area (Å²) < 4.78 is 0. The molecule has 2 amide bonds. The van der Waals surface area contributed by atoms with Gasteiger partial charge < -0.3 is 16.4 Å². The van der Waals surface area contributed by atoms with E-state index in [1.807, 2.05) is 13.8 Å². The van der Waals surface area contributed by atoms with Crippen LogP contribution in [0.1, 0.15) is 30.6 Å². The first kappa shape index (κ1) is 23.9. The topological polar surface area (TPSA) is 97.1 Å². The molecule has 4 N–H and O–H groups in total. The number of carbonyl (C=O) groups excluding carboxylic acids is 2. The molecular formula is C18H24Cl2N4O2. The number of hydrogen-bond donors (Lipinski definition) is 3. The molecule has 2 aromatic rings. The van der Waals surface area contributed by atoms with Crippen LogP contribution in [0.4, 0.5) is 11.4 Å². The standard InChI is InChI=1S/C18H22N4O2.2ClH/c1-12(2)10-16(19)18(24)22-15-5-3-4-14(11-15)21-17(23)13-6-8-20-9-7-13;;/h3-9,11-12,16H,10,19H2,1-2H3,(H,21,23)(H,22,24);2*1H/t16-;;/m0../s1. The van der Waals surface area contributed by atoms with Gasteiger partial charge >= 0.3 is 0 Å². The lowest BCUT2D eigenvalue weighted by Gasteiger charge is -2.14. The molecule has 142 valence electrons. The monoisotopic (exact) mass is 398 g/mol. The van der Waals surface area contributed by atoms with Gasteiger partial charge in [-0.2, -0.15) is 0 Å². The van der Waals surface area contributed by atoms with Crippen molar-refractivity contribution in [2.75, 3.05) is 10.6 Å². The van der Waals surface area contributed by atoms with Crippen LogP contribution in [0.2, 0.25) is 0 Å². The Hall–Kier alpha value is -2.15. The Kier molecular flexibility index (Phi) is 10.5. The summed E-state index contributed by atoms with van der Waals surface area (Å²) in [5.74, 6) is -0.129. The number of nitrogens with zero attached hydrogens (tertiary/aromatic N) is 1. The Bertz CT molecular complexity index is 711. The van der Waals surface area contributed by atoms with Crippen LogP contribution < -0.4 is 16.4 Å². The molecule has 1 heterocycles. The van der Waals surface area contributed by atoms with E-state index < -0.39 is 6.04 Å². The van der Waals surface area contributed by atoms with Crippen LogP contribution in [0.25, 0.3) is 0 Å². The third kappa shape index (κ3) is 7.39. The highest BCUT2D eigenvalue weighted by Crippen LogP contribution is 2.17. The second-order valence-corrected chi connectivity index (χ2v) is 6.00. The quantitative estimate of drug-likeness (QED) is 0.693. The molecule has 1 aromatic heterocycles. The minimum Gasteiger partial charge on any atom is -0.325 e. The summed E-state index contributed by atoms with van der Waals surface area (Å²) in [6.45, 7) is 4.03. The fourth-order valence-corrected chi connectivity index (χ4v) is 2.23.